The number of aryl methyl sites for hydroxylation is 1. The molecule has 4 nitrogen and oxygen atoms in total. The van der Waals surface area contributed by atoms with Crippen LogP contribution in [0.2, 0.25) is 0 Å². The van der Waals surface area contributed by atoms with Crippen molar-refractivity contribution in [2.75, 3.05) is 7.11 Å². The zero-order chi connectivity index (χ0) is 13.7. The van der Waals surface area contributed by atoms with Crippen molar-refractivity contribution in [2.45, 2.75) is 13.5 Å². The van der Waals surface area contributed by atoms with Crippen LogP contribution < -0.4 is 4.74 Å². The van der Waals surface area contributed by atoms with Gasteiger partial charge in [-0.25, -0.2) is 4.79 Å². The summed E-state index contributed by atoms with van der Waals surface area (Å²) in [5.41, 5.74) is 2.16. The molecule has 0 N–H and O–H groups in total. The van der Waals surface area contributed by atoms with Gasteiger partial charge in [0, 0.05) is 6.20 Å². The van der Waals surface area contributed by atoms with E-state index in [1.54, 1.807) is 25.4 Å². The lowest BCUT2D eigenvalue weighted by Gasteiger charge is -2.08. The van der Waals surface area contributed by atoms with Crippen LogP contribution in [0.15, 0.2) is 42.6 Å². The topological polar surface area (TPSA) is 48.4 Å². The molecule has 1 aromatic heterocycles. The number of pyridine rings is 1. The van der Waals surface area contributed by atoms with E-state index in [0.717, 1.165) is 11.3 Å². The van der Waals surface area contributed by atoms with Gasteiger partial charge in [0.1, 0.15) is 12.4 Å². The quantitative estimate of drug-likeness (QED) is 0.790. The summed E-state index contributed by atoms with van der Waals surface area (Å²) in [6.07, 6.45) is 1.66. The number of hydrogen-bond donors (Lipinski definition) is 0. The molecule has 0 aliphatic heterocycles. The van der Waals surface area contributed by atoms with Gasteiger partial charge >= 0.3 is 5.97 Å². The third kappa shape index (κ3) is 3.31. The minimum atomic E-state index is -0.385. The highest BCUT2D eigenvalue weighted by Gasteiger charge is 2.10. The molecule has 0 atom stereocenters. The number of aromatic nitrogens is 1. The molecule has 0 radical (unpaired) electrons. The Morgan fingerprint density at radius 2 is 2.11 bits per heavy atom. The maximum atomic E-state index is 11.9. The smallest absolute Gasteiger partial charge is 0.338 e. The Hall–Kier alpha value is -2.36. The van der Waals surface area contributed by atoms with Crippen LogP contribution in [0.1, 0.15) is 21.6 Å². The summed E-state index contributed by atoms with van der Waals surface area (Å²) in [7, 11) is 1.57. The van der Waals surface area contributed by atoms with Crippen LogP contribution in [0.25, 0.3) is 0 Å². The van der Waals surface area contributed by atoms with E-state index in [4.69, 9.17) is 9.47 Å². The van der Waals surface area contributed by atoms with E-state index in [0.29, 0.717) is 11.3 Å². The number of carbonyl (C=O) groups is 1. The molecule has 0 saturated carbocycles. The van der Waals surface area contributed by atoms with Crippen molar-refractivity contribution >= 4 is 5.97 Å². The number of benzene rings is 1. The summed E-state index contributed by atoms with van der Waals surface area (Å²) in [4.78, 5) is 16.0. The highest BCUT2D eigenvalue weighted by Crippen LogP contribution is 2.19. The Morgan fingerprint density at radius 1 is 1.26 bits per heavy atom. The van der Waals surface area contributed by atoms with E-state index in [1.807, 2.05) is 31.2 Å². The third-order valence-electron chi connectivity index (χ3n) is 2.72. The van der Waals surface area contributed by atoms with Gasteiger partial charge in [0.05, 0.1) is 18.4 Å². The maximum Gasteiger partial charge on any atom is 0.338 e. The highest BCUT2D eigenvalue weighted by atomic mass is 16.5. The van der Waals surface area contributed by atoms with E-state index in [2.05, 4.69) is 4.98 Å². The van der Waals surface area contributed by atoms with Crippen molar-refractivity contribution in [1.29, 1.82) is 0 Å². The SMILES string of the molecule is COc1cc(C(=O)OCc2ccccn2)ccc1C. The van der Waals surface area contributed by atoms with Crippen molar-refractivity contribution < 1.29 is 14.3 Å². The Bertz CT molecular complexity index is 567. The molecule has 0 spiro atoms. The lowest BCUT2D eigenvalue weighted by molar-refractivity contribution is 0.0467. The molecule has 1 heterocycles. The summed E-state index contributed by atoms with van der Waals surface area (Å²) >= 11 is 0. The predicted molar refractivity (Wildman–Crippen MR) is 71.1 cm³/mol. The number of nitrogens with zero attached hydrogens (tertiary/aromatic N) is 1. The Morgan fingerprint density at radius 3 is 2.79 bits per heavy atom. The minimum absolute atomic E-state index is 0.163. The molecule has 0 saturated heterocycles. The minimum Gasteiger partial charge on any atom is -0.496 e. The maximum absolute atomic E-state index is 11.9. The van der Waals surface area contributed by atoms with Gasteiger partial charge in [0.25, 0.3) is 0 Å². The first kappa shape index (κ1) is 13.1. The zero-order valence-corrected chi connectivity index (χ0v) is 10.9. The van der Waals surface area contributed by atoms with Crippen LogP contribution in [-0.2, 0) is 11.3 Å². The fourth-order valence-corrected chi connectivity index (χ4v) is 1.65. The molecule has 4 heteroatoms. The molecule has 0 unspecified atom stereocenters. The molecule has 98 valence electrons. The summed E-state index contributed by atoms with van der Waals surface area (Å²) in [6.45, 7) is 2.08. The van der Waals surface area contributed by atoms with Crippen LogP contribution in [0.3, 0.4) is 0 Å². The molecule has 0 aliphatic carbocycles. The van der Waals surface area contributed by atoms with E-state index >= 15 is 0 Å². The Balaban J connectivity index is 2.04. The van der Waals surface area contributed by atoms with Gasteiger partial charge in [0.2, 0.25) is 0 Å². The molecule has 0 amide bonds. The molecular formula is C15H15NO3. The van der Waals surface area contributed by atoms with Crippen molar-refractivity contribution in [1.82, 2.24) is 4.98 Å². The normalized spacial score (nSPS) is 10.0. The van der Waals surface area contributed by atoms with Crippen molar-refractivity contribution in [3.63, 3.8) is 0 Å². The Kier molecular flexibility index (Phi) is 4.13. The molecule has 19 heavy (non-hydrogen) atoms. The van der Waals surface area contributed by atoms with Gasteiger partial charge in [-0.15, -0.1) is 0 Å². The summed E-state index contributed by atoms with van der Waals surface area (Å²) in [5.74, 6) is 0.288. The number of carbonyl (C=O) groups excluding carboxylic acids is 1. The number of rotatable bonds is 4. The van der Waals surface area contributed by atoms with Crippen LogP contribution in [-0.4, -0.2) is 18.1 Å². The van der Waals surface area contributed by atoms with Gasteiger partial charge in [-0.2, -0.15) is 0 Å². The first-order valence-electron chi connectivity index (χ1n) is 5.92. The number of ether oxygens (including phenoxy) is 2. The number of hydrogen-bond acceptors (Lipinski definition) is 4. The molecule has 0 bridgehead atoms. The predicted octanol–water partition coefficient (Wildman–Crippen LogP) is 2.76. The van der Waals surface area contributed by atoms with Crippen LogP contribution in [0.4, 0.5) is 0 Å². The van der Waals surface area contributed by atoms with E-state index in [-0.39, 0.29) is 12.6 Å². The first-order chi connectivity index (χ1) is 9.20. The monoisotopic (exact) mass is 257 g/mol. The number of methoxy groups -OCH3 is 1. The third-order valence-corrected chi connectivity index (χ3v) is 2.72. The summed E-state index contributed by atoms with van der Waals surface area (Å²) < 4.78 is 10.4. The van der Waals surface area contributed by atoms with Crippen LogP contribution >= 0.6 is 0 Å². The van der Waals surface area contributed by atoms with Crippen LogP contribution in [0, 0.1) is 6.92 Å². The molecule has 0 fully saturated rings. The largest absolute Gasteiger partial charge is 0.496 e. The fraction of sp³-hybridized carbons (Fsp3) is 0.200. The van der Waals surface area contributed by atoms with Gasteiger partial charge in [-0.3, -0.25) is 4.98 Å². The lowest BCUT2D eigenvalue weighted by Crippen LogP contribution is -2.06. The zero-order valence-electron chi connectivity index (χ0n) is 10.9. The lowest BCUT2D eigenvalue weighted by atomic mass is 10.1. The second-order valence-corrected chi connectivity index (χ2v) is 4.08. The van der Waals surface area contributed by atoms with Gasteiger partial charge in [0.15, 0.2) is 0 Å². The van der Waals surface area contributed by atoms with Crippen molar-refractivity contribution in [3.05, 3.63) is 59.4 Å². The Labute approximate surface area is 112 Å². The molecule has 1 aromatic carbocycles. The highest BCUT2D eigenvalue weighted by molar-refractivity contribution is 5.90. The average Bonchev–Trinajstić information content (AvgIpc) is 2.46. The molecular weight excluding hydrogens is 242 g/mol. The van der Waals surface area contributed by atoms with E-state index < -0.39 is 0 Å². The summed E-state index contributed by atoms with van der Waals surface area (Å²) in [6, 6.07) is 10.7. The fourth-order valence-electron chi connectivity index (χ4n) is 1.65. The van der Waals surface area contributed by atoms with E-state index in [1.165, 1.54) is 0 Å². The number of esters is 1. The van der Waals surface area contributed by atoms with E-state index in [9.17, 15) is 4.79 Å². The van der Waals surface area contributed by atoms with Crippen LogP contribution in [0.5, 0.6) is 5.75 Å². The molecule has 0 aliphatic rings. The molecule has 2 rings (SSSR count). The summed E-state index contributed by atoms with van der Waals surface area (Å²) in [5, 5.41) is 0. The van der Waals surface area contributed by atoms with Crippen molar-refractivity contribution in [2.24, 2.45) is 0 Å². The van der Waals surface area contributed by atoms with Gasteiger partial charge < -0.3 is 9.47 Å². The van der Waals surface area contributed by atoms with Gasteiger partial charge in [-0.05, 0) is 36.8 Å². The van der Waals surface area contributed by atoms with Crippen molar-refractivity contribution in [3.8, 4) is 5.75 Å². The first-order valence-corrected chi connectivity index (χ1v) is 5.92. The molecule has 2 aromatic rings. The average molecular weight is 257 g/mol. The second kappa shape index (κ2) is 6.00. The van der Waals surface area contributed by atoms with Gasteiger partial charge in [-0.1, -0.05) is 12.1 Å². The second-order valence-electron chi connectivity index (χ2n) is 4.08. The standard InChI is InChI=1S/C15H15NO3/c1-11-6-7-12(9-14(11)18-2)15(17)19-10-13-5-3-4-8-16-13/h3-9H,10H2,1-2H3.